The Morgan fingerprint density at radius 1 is 0.568 bits per heavy atom. The van der Waals surface area contributed by atoms with Crippen molar-refractivity contribution in [2.24, 2.45) is 0 Å². The Balaban J connectivity index is 1.32. The molecule has 0 spiro atoms. The van der Waals surface area contributed by atoms with Crippen molar-refractivity contribution in [3.63, 3.8) is 0 Å². The maximum Gasteiger partial charge on any atom is 0.0793 e. The van der Waals surface area contributed by atoms with Crippen LogP contribution < -0.4 is 0 Å². The first-order valence-electron chi connectivity index (χ1n) is 16.1. The van der Waals surface area contributed by atoms with E-state index in [1.54, 1.807) is 14.2 Å². The van der Waals surface area contributed by atoms with E-state index in [1.807, 2.05) is 0 Å². The van der Waals surface area contributed by atoms with Crippen molar-refractivity contribution in [2.75, 3.05) is 14.2 Å². The Bertz CT molecular complexity index is 1520. The SMILES string of the molecule is COC(C)c1ccc(C2C=CC=CC3=C2C=C(C)C3[SiH](C)C2C(C)=CC3=C2C=CC=CC3c2ccc(C(C)OC)cc2)cc1. The molecular weight excluding hydrogens is 553 g/mol. The third kappa shape index (κ3) is 5.58. The smallest absolute Gasteiger partial charge is 0.0793 e. The minimum absolute atomic E-state index is 0.100. The topological polar surface area (TPSA) is 18.5 Å². The molecule has 0 saturated carbocycles. The van der Waals surface area contributed by atoms with E-state index in [4.69, 9.17) is 9.47 Å². The summed E-state index contributed by atoms with van der Waals surface area (Å²) in [5.41, 5.74) is 15.2. The quantitative estimate of drug-likeness (QED) is 0.282. The molecule has 0 radical (unpaired) electrons. The highest BCUT2D eigenvalue weighted by atomic mass is 28.3. The van der Waals surface area contributed by atoms with Gasteiger partial charge in [-0.15, -0.1) is 0 Å². The normalized spacial score (nSPS) is 26.2. The molecule has 2 aromatic carbocycles. The third-order valence-electron chi connectivity index (χ3n) is 10.4. The first-order valence-corrected chi connectivity index (χ1v) is 18.6. The van der Waals surface area contributed by atoms with E-state index in [0.29, 0.717) is 11.1 Å². The van der Waals surface area contributed by atoms with Crippen LogP contribution in [-0.2, 0) is 9.47 Å². The molecule has 0 aromatic heterocycles. The van der Waals surface area contributed by atoms with Gasteiger partial charge >= 0.3 is 0 Å². The van der Waals surface area contributed by atoms with Crippen LogP contribution in [0.1, 0.15) is 74.0 Å². The first kappa shape index (κ1) is 30.5. The van der Waals surface area contributed by atoms with Gasteiger partial charge in [0.25, 0.3) is 0 Å². The van der Waals surface area contributed by atoms with E-state index in [0.717, 1.165) is 0 Å². The van der Waals surface area contributed by atoms with Crippen LogP contribution >= 0.6 is 0 Å². The van der Waals surface area contributed by atoms with Gasteiger partial charge in [0.05, 0.1) is 21.0 Å². The fourth-order valence-corrected chi connectivity index (χ4v) is 11.9. The van der Waals surface area contributed by atoms with Gasteiger partial charge in [-0.25, -0.2) is 0 Å². The Kier molecular flexibility index (Phi) is 8.91. The molecule has 2 aromatic rings. The maximum atomic E-state index is 5.56. The van der Waals surface area contributed by atoms with Crippen LogP contribution in [0.5, 0.6) is 0 Å². The van der Waals surface area contributed by atoms with Crippen molar-refractivity contribution in [2.45, 2.75) is 69.4 Å². The molecule has 0 fully saturated rings. The number of benzene rings is 2. The molecule has 4 aliphatic carbocycles. The van der Waals surface area contributed by atoms with Crippen LogP contribution in [0, 0.1) is 0 Å². The zero-order valence-electron chi connectivity index (χ0n) is 27.3. The van der Waals surface area contributed by atoms with Gasteiger partial charge in [-0.3, -0.25) is 0 Å². The number of hydrogen-bond donors (Lipinski definition) is 0. The molecule has 2 nitrogen and oxygen atoms in total. The highest BCUT2D eigenvalue weighted by Crippen LogP contribution is 2.53. The molecule has 6 rings (SSSR count). The molecule has 0 N–H and O–H groups in total. The lowest BCUT2D eigenvalue weighted by Gasteiger charge is -2.30. The van der Waals surface area contributed by atoms with Gasteiger partial charge < -0.3 is 9.47 Å². The minimum atomic E-state index is -1.39. The Morgan fingerprint density at radius 2 is 0.955 bits per heavy atom. The number of methoxy groups -OCH3 is 2. The molecule has 0 bridgehead atoms. The summed E-state index contributed by atoms with van der Waals surface area (Å²) in [5, 5.41) is 0. The van der Waals surface area contributed by atoms with Crippen molar-refractivity contribution < 1.29 is 9.47 Å². The molecule has 6 atom stereocenters. The predicted octanol–water partition coefficient (Wildman–Crippen LogP) is 10.3. The van der Waals surface area contributed by atoms with Crippen molar-refractivity contribution in [1.82, 2.24) is 0 Å². The summed E-state index contributed by atoms with van der Waals surface area (Å²) in [6, 6.07) is 18.1. The first-order chi connectivity index (χ1) is 21.3. The van der Waals surface area contributed by atoms with Gasteiger partial charge in [0, 0.05) is 26.1 Å². The van der Waals surface area contributed by atoms with Crippen LogP contribution in [0.15, 0.2) is 143 Å². The summed E-state index contributed by atoms with van der Waals surface area (Å²) in [5.74, 6) is 0.524. The number of rotatable bonds is 8. The van der Waals surface area contributed by atoms with E-state index in [2.05, 4.69) is 144 Å². The maximum absolute atomic E-state index is 5.56. The van der Waals surface area contributed by atoms with E-state index < -0.39 is 8.80 Å². The van der Waals surface area contributed by atoms with Gasteiger partial charge in [0.2, 0.25) is 0 Å². The Hall–Kier alpha value is -3.50. The van der Waals surface area contributed by atoms with Gasteiger partial charge in [-0.1, -0.05) is 127 Å². The van der Waals surface area contributed by atoms with Crippen LogP contribution in [0.4, 0.5) is 0 Å². The monoisotopic (exact) mass is 598 g/mol. The second kappa shape index (κ2) is 12.8. The third-order valence-corrected chi connectivity index (χ3v) is 14.3. The molecule has 0 amide bonds. The van der Waals surface area contributed by atoms with E-state index in [9.17, 15) is 0 Å². The van der Waals surface area contributed by atoms with Gasteiger partial charge in [-0.05, 0) is 83.3 Å². The standard InChI is InChI=1S/C41H46O2Si/c1-26-24-38-34(32-20-16-30(17-21-32)28(3)42-5)12-8-10-14-36(38)40(26)44(7)41-27(2)25-39-35(13-9-11-15-37(39)41)33-22-18-31(19-23-33)29(4)43-6/h8-25,28-29,34-35,40-41,44H,1-7H3. The van der Waals surface area contributed by atoms with Crippen LogP contribution in [-0.4, -0.2) is 23.0 Å². The van der Waals surface area contributed by atoms with Gasteiger partial charge in [0.15, 0.2) is 0 Å². The van der Waals surface area contributed by atoms with Crippen LogP contribution in [0.2, 0.25) is 17.6 Å². The Labute approximate surface area is 266 Å². The molecular formula is C41H46O2Si. The molecule has 0 saturated heterocycles. The van der Waals surface area contributed by atoms with E-state index in [1.165, 1.54) is 55.7 Å². The second-order valence-corrected chi connectivity index (χ2v) is 16.0. The van der Waals surface area contributed by atoms with Crippen LogP contribution in [0.25, 0.3) is 0 Å². The average molecular weight is 599 g/mol. The fourth-order valence-electron chi connectivity index (χ4n) is 7.89. The van der Waals surface area contributed by atoms with Crippen molar-refractivity contribution in [3.05, 3.63) is 165 Å². The molecule has 6 unspecified atom stereocenters. The fraction of sp³-hybridized carbons (Fsp3) is 0.317. The molecule has 0 aliphatic heterocycles. The van der Waals surface area contributed by atoms with E-state index in [-0.39, 0.29) is 24.0 Å². The Morgan fingerprint density at radius 3 is 1.32 bits per heavy atom. The molecule has 4 aliphatic rings. The van der Waals surface area contributed by atoms with E-state index >= 15 is 0 Å². The summed E-state index contributed by atoms with van der Waals surface area (Å²) in [4.78, 5) is 0. The molecule has 3 heteroatoms. The lowest BCUT2D eigenvalue weighted by Crippen LogP contribution is -2.25. The summed E-state index contributed by atoms with van der Waals surface area (Å²) in [6.07, 6.45) is 23.8. The van der Waals surface area contributed by atoms with Gasteiger partial charge in [-0.2, -0.15) is 0 Å². The average Bonchev–Trinajstić information content (AvgIpc) is 3.35. The highest BCUT2D eigenvalue weighted by Gasteiger charge is 2.40. The number of ether oxygens (including phenoxy) is 2. The molecule has 44 heavy (non-hydrogen) atoms. The number of hydrogen-bond acceptors (Lipinski definition) is 2. The molecule has 226 valence electrons. The van der Waals surface area contributed by atoms with Crippen molar-refractivity contribution in [1.29, 1.82) is 0 Å². The predicted molar refractivity (Wildman–Crippen MR) is 188 cm³/mol. The lowest BCUT2D eigenvalue weighted by molar-refractivity contribution is 0.119. The largest absolute Gasteiger partial charge is 0.377 e. The summed E-state index contributed by atoms with van der Waals surface area (Å²) < 4.78 is 11.1. The molecule has 0 heterocycles. The van der Waals surface area contributed by atoms with Gasteiger partial charge in [0.1, 0.15) is 0 Å². The van der Waals surface area contributed by atoms with Crippen molar-refractivity contribution in [3.8, 4) is 0 Å². The summed E-state index contributed by atoms with van der Waals surface area (Å²) in [6.45, 7) is 11.6. The zero-order valence-corrected chi connectivity index (χ0v) is 28.4. The number of allylic oxidation sites excluding steroid dienone is 16. The van der Waals surface area contributed by atoms with Crippen LogP contribution in [0.3, 0.4) is 0 Å². The second-order valence-electron chi connectivity index (χ2n) is 12.9. The van der Waals surface area contributed by atoms with Crippen molar-refractivity contribution >= 4 is 8.80 Å². The lowest BCUT2D eigenvalue weighted by atomic mass is 9.89. The summed E-state index contributed by atoms with van der Waals surface area (Å²) >= 11 is 0. The summed E-state index contributed by atoms with van der Waals surface area (Å²) in [7, 11) is 2.16. The zero-order chi connectivity index (χ0) is 31.0. The minimum Gasteiger partial charge on any atom is -0.377 e. The highest BCUT2D eigenvalue weighted by molar-refractivity contribution is 6.64.